The first-order valence-electron chi connectivity index (χ1n) is 9.26. The number of hydrogen-bond acceptors (Lipinski definition) is 5. The van der Waals surface area contributed by atoms with Crippen molar-refractivity contribution in [3.63, 3.8) is 0 Å². The Bertz CT molecular complexity index is 1160. The number of benzene rings is 2. The molecule has 2 aromatic carbocycles. The Morgan fingerprint density at radius 1 is 1.00 bits per heavy atom. The van der Waals surface area contributed by atoms with Gasteiger partial charge in [0.1, 0.15) is 0 Å². The van der Waals surface area contributed by atoms with Gasteiger partial charge in [-0.2, -0.15) is 0 Å². The van der Waals surface area contributed by atoms with Crippen LogP contribution in [0.4, 0.5) is 0 Å². The van der Waals surface area contributed by atoms with Gasteiger partial charge in [0.15, 0.2) is 17.3 Å². The summed E-state index contributed by atoms with van der Waals surface area (Å²) in [5.41, 5.74) is 3.37. The molecule has 4 rings (SSSR count). The number of ketones is 1. The van der Waals surface area contributed by atoms with E-state index in [0.717, 1.165) is 22.2 Å². The second-order valence-corrected chi connectivity index (χ2v) is 6.70. The molecule has 29 heavy (non-hydrogen) atoms. The Labute approximate surface area is 168 Å². The summed E-state index contributed by atoms with van der Waals surface area (Å²) < 4.78 is 12.5. The molecule has 0 N–H and O–H groups in total. The van der Waals surface area contributed by atoms with Crippen molar-refractivity contribution in [1.29, 1.82) is 0 Å². The summed E-state index contributed by atoms with van der Waals surface area (Å²) in [5.74, 6) is 1.10. The minimum absolute atomic E-state index is 0.0250. The van der Waals surface area contributed by atoms with Gasteiger partial charge < -0.3 is 14.0 Å². The van der Waals surface area contributed by atoms with Crippen LogP contribution in [-0.2, 0) is 13.0 Å². The molecular formula is C23H21N3O3. The molecule has 6 heteroatoms. The molecule has 6 nitrogen and oxygen atoms in total. The van der Waals surface area contributed by atoms with Crippen molar-refractivity contribution >= 4 is 16.7 Å². The maximum Gasteiger partial charge on any atom is 0.169 e. The minimum Gasteiger partial charge on any atom is -0.493 e. The lowest BCUT2D eigenvalue weighted by Gasteiger charge is -2.08. The van der Waals surface area contributed by atoms with Crippen LogP contribution in [0.15, 0.2) is 67.3 Å². The molecule has 2 heterocycles. The first-order valence-corrected chi connectivity index (χ1v) is 9.26. The highest BCUT2D eigenvalue weighted by atomic mass is 16.5. The summed E-state index contributed by atoms with van der Waals surface area (Å²) in [4.78, 5) is 21.6. The molecule has 0 saturated heterocycles. The van der Waals surface area contributed by atoms with Gasteiger partial charge >= 0.3 is 0 Å². The number of fused-ring (bicyclic) bond motifs is 1. The van der Waals surface area contributed by atoms with Crippen molar-refractivity contribution in [3.8, 4) is 11.5 Å². The van der Waals surface area contributed by atoms with Crippen LogP contribution in [-0.4, -0.2) is 34.5 Å². The lowest BCUT2D eigenvalue weighted by Crippen LogP contribution is -2.05. The van der Waals surface area contributed by atoms with Gasteiger partial charge in [-0.15, -0.1) is 0 Å². The molecule has 0 saturated carbocycles. The number of carbonyl (C=O) groups is 1. The zero-order chi connectivity index (χ0) is 20.2. The van der Waals surface area contributed by atoms with E-state index < -0.39 is 0 Å². The number of hydrogen-bond donors (Lipinski definition) is 0. The summed E-state index contributed by atoms with van der Waals surface area (Å²) >= 11 is 0. The smallest absolute Gasteiger partial charge is 0.169 e. The zero-order valence-electron chi connectivity index (χ0n) is 16.3. The van der Waals surface area contributed by atoms with E-state index in [0.29, 0.717) is 23.6 Å². The monoisotopic (exact) mass is 387 g/mol. The number of aromatic nitrogens is 3. The fraction of sp³-hybridized carbons (Fsp3) is 0.174. The third-order valence-corrected chi connectivity index (χ3v) is 4.80. The van der Waals surface area contributed by atoms with Gasteiger partial charge in [0.2, 0.25) is 0 Å². The summed E-state index contributed by atoms with van der Waals surface area (Å²) in [7, 11) is 3.12. The first-order chi connectivity index (χ1) is 14.2. The predicted molar refractivity (Wildman–Crippen MR) is 111 cm³/mol. The van der Waals surface area contributed by atoms with Crippen molar-refractivity contribution < 1.29 is 14.3 Å². The van der Waals surface area contributed by atoms with Crippen molar-refractivity contribution in [2.75, 3.05) is 14.2 Å². The third kappa shape index (κ3) is 3.96. The standard InChI is InChI=1S/C23H21N3O3/c1-28-21-9-8-17(11-22(21)29-2)20(27)12-19-14-26(15-25-19)13-18-6-3-5-16-7-4-10-24-23(16)18/h3-11,14-15H,12-13H2,1-2H3. The normalized spacial score (nSPS) is 10.8. The van der Waals surface area contributed by atoms with Gasteiger partial charge in [0.05, 0.1) is 44.7 Å². The molecule has 0 radical (unpaired) electrons. The SMILES string of the molecule is COc1ccc(C(=O)Cc2cn(Cc3cccc4cccnc34)cn2)cc1OC. The number of Topliss-reactive ketones (excluding diaryl/α,β-unsaturated/α-hetero) is 1. The molecular weight excluding hydrogens is 366 g/mol. The van der Waals surface area contributed by atoms with Gasteiger partial charge in [0.25, 0.3) is 0 Å². The maximum absolute atomic E-state index is 12.7. The van der Waals surface area contributed by atoms with Crippen LogP contribution in [0.1, 0.15) is 21.6 Å². The van der Waals surface area contributed by atoms with E-state index in [4.69, 9.17) is 9.47 Å². The second-order valence-electron chi connectivity index (χ2n) is 6.70. The highest BCUT2D eigenvalue weighted by molar-refractivity contribution is 5.97. The van der Waals surface area contributed by atoms with Crippen molar-refractivity contribution in [2.24, 2.45) is 0 Å². The van der Waals surface area contributed by atoms with Crippen molar-refractivity contribution in [1.82, 2.24) is 14.5 Å². The number of para-hydroxylation sites is 1. The number of ether oxygens (including phenoxy) is 2. The first kappa shape index (κ1) is 18.7. The molecule has 0 unspecified atom stereocenters. The molecule has 146 valence electrons. The van der Waals surface area contributed by atoms with Crippen LogP contribution in [0, 0.1) is 0 Å². The molecule has 0 amide bonds. The molecule has 0 aliphatic carbocycles. The molecule has 0 spiro atoms. The second kappa shape index (κ2) is 8.14. The highest BCUT2D eigenvalue weighted by Gasteiger charge is 2.13. The van der Waals surface area contributed by atoms with Gasteiger partial charge in [-0.05, 0) is 29.8 Å². The Morgan fingerprint density at radius 2 is 1.83 bits per heavy atom. The fourth-order valence-electron chi connectivity index (χ4n) is 3.35. The van der Waals surface area contributed by atoms with E-state index in [-0.39, 0.29) is 12.2 Å². The molecule has 4 aromatic rings. The average Bonchev–Trinajstić information content (AvgIpc) is 3.20. The summed E-state index contributed by atoms with van der Waals surface area (Å²) in [6.45, 7) is 0.645. The number of carbonyl (C=O) groups excluding carboxylic acids is 1. The Hall–Kier alpha value is -3.67. The van der Waals surface area contributed by atoms with Gasteiger partial charge in [0, 0.05) is 23.3 Å². The average molecular weight is 387 g/mol. The highest BCUT2D eigenvalue weighted by Crippen LogP contribution is 2.28. The zero-order valence-corrected chi connectivity index (χ0v) is 16.3. The number of nitrogens with zero attached hydrogens (tertiary/aromatic N) is 3. The fourth-order valence-corrected chi connectivity index (χ4v) is 3.35. The lowest BCUT2D eigenvalue weighted by molar-refractivity contribution is 0.0991. The van der Waals surface area contributed by atoms with Crippen LogP contribution in [0.3, 0.4) is 0 Å². The van der Waals surface area contributed by atoms with Crippen LogP contribution < -0.4 is 9.47 Å². The number of rotatable bonds is 7. The van der Waals surface area contributed by atoms with E-state index in [9.17, 15) is 4.79 Å². The Morgan fingerprint density at radius 3 is 2.66 bits per heavy atom. The summed E-state index contributed by atoms with van der Waals surface area (Å²) in [6, 6.07) is 15.3. The molecule has 0 fully saturated rings. The number of imidazole rings is 1. The van der Waals surface area contributed by atoms with Crippen LogP contribution in [0.2, 0.25) is 0 Å². The predicted octanol–water partition coefficient (Wildman–Crippen LogP) is 3.92. The molecule has 0 aliphatic heterocycles. The van der Waals surface area contributed by atoms with Crippen molar-refractivity contribution in [2.45, 2.75) is 13.0 Å². The molecule has 0 bridgehead atoms. The van der Waals surface area contributed by atoms with E-state index in [2.05, 4.69) is 16.0 Å². The third-order valence-electron chi connectivity index (χ3n) is 4.80. The Balaban J connectivity index is 1.50. The maximum atomic E-state index is 12.7. The molecule has 2 aromatic heterocycles. The minimum atomic E-state index is -0.0250. The van der Waals surface area contributed by atoms with E-state index >= 15 is 0 Å². The lowest BCUT2D eigenvalue weighted by atomic mass is 10.1. The van der Waals surface area contributed by atoms with Crippen molar-refractivity contribution in [3.05, 3.63) is 84.1 Å². The van der Waals surface area contributed by atoms with Gasteiger partial charge in [-0.3, -0.25) is 9.78 Å². The van der Waals surface area contributed by atoms with Crippen LogP contribution in [0.5, 0.6) is 11.5 Å². The molecule has 0 atom stereocenters. The number of methoxy groups -OCH3 is 2. The largest absolute Gasteiger partial charge is 0.493 e. The summed E-state index contributed by atoms with van der Waals surface area (Å²) in [5, 5.41) is 1.11. The van der Waals surface area contributed by atoms with E-state index in [1.54, 1.807) is 44.9 Å². The Kier molecular flexibility index (Phi) is 5.24. The van der Waals surface area contributed by atoms with E-state index in [1.165, 1.54) is 0 Å². The van der Waals surface area contributed by atoms with Crippen LogP contribution in [0.25, 0.3) is 10.9 Å². The van der Waals surface area contributed by atoms with E-state index in [1.807, 2.05) is 35.0 Å². The van der Waals surface area contributed by atoms with Gasteiger partial charge in [-0.1, -0.05) is 24.3 Å². The van der Waals surface area contributed by atoms with Gasteiger partial charge in [-0.25, -0.2) is 4.98 Å². The summed E-state index contributed by atoms with van der Waals surface area (Å²) in [6.07, 6.45) is 5.67. The molecule has 0 aliphatic rings. The quantitative estimate of drug-likeness (QED) is 0.450. The topological polar surface area (TPSA) is 66.2 Å². The number of pyridine rings is 1. The van der Waals surface area contributed by atoms with Crippen LogP contribution >= 0.6 is 0 Å².